The first kappa shape index (κ1) is 13.5. The Hall–Kier alpha value is -0.900. The molecule has 0 spiro atoms. The van der Waals surface area contributed by atoms with E-state index in [9.17, 15) is 0 Å². The van der Waals surface area contributed by atoms with Crippen molar-refractivity contribution in [1.29, 1.82) is 0 Å². The number of rotatable bonds is 6. The van der Waals surface area contributed by atoms with Gasteiger partial charge < -0.3 is 14.7 Å². The van der Waals surface area contributed by atoms with Crippen molar-refractivity contribution in [3.8, 4) is 0 Å². The predicted octanol–water partition coefficient (Wildman–Crippen LogP) is 2.05. The molecule has 1 aliphatic heterocycles. The lowest BCUT2D eigenvalue weighted by molar-refractivity contribution is -0.00316. The Labute approximate surface area is 109 Å². The summed E-state index contributed by atoms with van der Waals surface area (Å²) in [6, 6.07) is 10.3. The summed E-state index contributed by atoms with van der Waals surface area (Å²) in [5.41, 5.74) is 1.25. The second-order valence-corrected chi connectivity index (χ2v) is 4.91. The van der Waals surface area contributed by atoms with Crippen LogP contribution in [0.4, 0.5) is 0 Å². The van der Waals surface area contributed by atoms with E-state index >= 15 is 0 Å². The van der Waals surface area contributed by atoms with Crippen LogP contribution in [0, 0.1) is 0 Å². The van der Waals surface area contributed by atoms with Crippen LogP contribution in [0.2, 0.25) is 0 Å². The lowest BCUT2D eigenvalue weighted by atomic mass is 10.1. The monoisotopic (exact) mass is 249 g/mol. The van der Waals surface area contributed by atoms with Crippen molar-refractivity contribution in [1.82, 2.24) is 4.90 Å². The van der Waals surface area contributed by atoms with E-state index in [0.717, 1.165) is 45.5 Å². The van der Waals surface area contributed by atoms with E-state index in [0.29, 0.717) is 12.7 Å². The molecule has 0 bridgehead atoms. The zero-order chi connectivity index (χ0) is 12.6. The Bertz CT molecular complexity index is 321. The van der Waals surface area contributed by atoms with Crippen molar-refractivity contribution in [3.05, 3.63) is 35.9 Å². The average Bonchev–Trinajstić information content (AvgIpc) is 2.45. The van der Waals surface area contributed by atoms with E-state index in [1.54, 1.807) is 0 Å². The second kappa shape index (κ2) is 7.52. The Morgan fingerprint density at radius 2 is 1.89 bits per heavy atom. The van der Waals surface area contributed by atoms with Crippen LogP contribution >= 0.6 is 0 Å². The van der Waals surface area contributed by atoms with Gasteiger partial charge >= 0.3 is 0 Å². The van der Waals surface area contributed by atoms with Gasteiger partial charge in [-0.3, -0.25) is 0 Å². The highest BCUT2D eigenvalue weighted by molar-refractivity contribution is 5.13. The van der Waals surface area contributed by atoms with E-state index in [1.807, 2.05) is 6.07 Å². The Balaban J connectivity index is 1.65. The molecule has 0 aliphatic carbocycles. The van der Waals surface area contributed by atoms with Gasteiger partial charge in [0.2, 0.25) is 0 Å². The van der Waals surface area contributed by atoms with E-state index in [-0.39, 0.29) is 0 Å². The topological polar surface area (TPSA) is 32.7 Å². The largest absolute Gasteiger partial charge is 0.396 e. The SMILES string of the molecule is OCCCN1CCC(OCc2ccccc2)CC1. The lowest BCUT2D eigenvalue weighted by Gasteiger charge is -2.31. The molecule has 0 atom stereocenters. The number of piperidine rings is 1. The molecule has 0 aromatic heterocycles. The fraction of sp³-hybridized carbons (Fsp3) is 0.600. The smallest absolute Gasteiger partial charge is 0.0720 e. The van der Waals surface area contributed by atoms with Gasteiger partial charge in [0.25, 0.3) is 0 Å². The molecule has 0 radical (unpaired) electrons. The van der Waals surface area contributed by atoms with E-state index in [1.165, 1.54) is 5.56 Å². The van der Waals surface area contributed by atoms with Gasteiger partial charge in [-0.2, -0.15) is 0 Å². The second-order valence-electron chi connectivity index (χ2n) is 4.91. The maximum atomic E-state index is 8.81. The van der Waals surface area contributed by atoms with Crippen LogP contribution in [0.25, 0.3) is 0 Å². The zero-order valence-corrected chi connectivity index (χ0v) is 10.9. The summed E-state index contributed by atoms with van der Waals surface area (Å²) in [5.74, 6) is 0. The van der Waals surface area contributed by atoms with Crippen LogP contribution in [-0.2, 0) is 11.3 Å². The molecule has 1 heterocycles. The summed E-state index contributed by atoms with van der Waals surface area (Å²) in [6.07, 6.45) is 3.50. The first-order chi connectivity index (χ1) is 8.88. The maximum Gasteiger partial charge on any atom is 0.0720 e. The molecule has 1 fully saturated rings. The summed E-state index contributed by atoms with van der Waals surface area (Å²) in [7, 11) is 0. The standard InChI is InChI=1S/C15H23NO2/c17-12-4-9-16-10-7-15(8-11-16)18-13-14-5-2-1-3-6-14/h1-3,5-6,15,17H,4,7-13H2. The van der Waals surface area contributed by atoms with Gasteiger partial charge in [-0.15, -0.1) is 0 Å². The molecule has 3 heteroatoms. The van der Waals surface area contributed by atoms with Crippen LogP contribution in [0.1, 0.15) is 24.8 Å². The number of hydrogen-bond donors (Lipinski definition) is 1. The molecule has 1 saturated heterocycles. The first-order valence-electron chi connectivity index (χ1n) is 6.87. The molecule has 1 aromatic carbocycles. The molecule has 0 unspecified atom stereocenters. The molecule has 1 aromatic rings. The van der Waals surface area contributed by atoms with E-state index in [2.05, 4.69) is 29.2 Å². The van der Waals surface area contributed by atoms with Crippen molar-refractivity contribution >= 4 is 0 Å². The number of ether oxygens (including phenoxy) is 1. The fourth-order valence-corrected chi connectivity index (χ4v) is 2.38. The third-order valence-corrected chi connectivity index (χ3v) is 3.50. The van der Waals surface area contributed by atoms with E-state index < -0.39 is 0 Å². The maximum absolute atomic E-state index is 8.81. The highest BCUT2D eigenvalue weighted by Crippen LogP contribution is 2.15. The highest BCUT2D eigenvalue weighted by atomic mass is 16.5. The number of nitrogens with zero attached hydrogens (tertiary/aromatic N) is 1. The Morgan fingerprint density at radius 3 is 2.56 bits per heavy atom. The van der Waals surface area contributed by atoms with Crippen molar-refractivity contribution in [2.45, 2.75) is 32.0 Å². The van der Waals surface area contributed by atoms with E-state index in [4.69, 9.17) is 9.84 Å². The molecule has 0 saturated carbocycles. The number of likely N-dealkylation sites (tertiary alicyclic amines) is 1. The number of hydrogen-bond acceptors (Lipinski definition) is 3. The molecule has 3 nitrogen and oxygen atoms in total. The predicted molar refractivity (Wildman–Crippen MR) is 72.4 cm³/mol. The molecule has 2 rings (SSSR count). The van der Waals surface area contributed by atoms with Gasteiger partial charge in [0.15, 0.2) is 0 Å². The van der Waals surface area contributed by atoms with Gasteiger partial charge in [-0.1, -0.05) is 30.3 Å². The summed E-state index contributed by atoms with van der Waals surface area (Å²) < 4.78 is 5.95. The van der Waals surface area contributed by atoms with Crippen LogP contribution in [-0.4, -0.2) is 42.4 Å². The quantitative estimate of drug-likeness (QED) is 0.837. The van der Waals surface area contributed by atoms with Gasteiger partial charge in [-0.25, -0.2) is 0 Å². The van der Waals surface area contributed by atoms with Crippen molar-refractivity contribution in [3.63, 3.8) is 0 Å². The van der Waals surface area contributed by atoms with Crippen molar-refractivity contribution in [2.24, 2.45) is 0 Å². The molecule has 1 aliphatic rings. The Kier molecular flexibility index (Phi) is 5.65. The minimum Gasteiger partial charge on any atom is -0.396 e. The third kappa shape index (κ3) is 4.41. The summed E-state index contributed by atoms with van der Waals surface area (Å²) in [5, 5.41) is 8.81. The minimum atomic E-state index is 0.296. The molecule has 0 amide bonds. The van der Waals surface area contributed by atoms with Gasteiger partial charge in [0.05, 0.1) is 12.7 Å². The van der Waals surface area contributed by atoms with Crippen LogP contribution < -0.4 is 0 Å². The summed E-state index contributed by atoms with van der Waals surface area (Å²) >= 11 is 0. The lowest BCUT2D eigenvalue weighted by Crippen LogP contribution is -2.37. The molecule has 18 heavy (non-hydrogen) atoms. The van der Waals surface area contributed by atoms with Gasteiger partial charge in [0.1, 0.15) is 0 Å². The number of benzene rings is 1. The number of aliphatic hydroxyl groups is 1. The molecule has 1 N–H and O–H groups in total. The van der Waals surface area contributed by atoms with Crippen molar-refractivity contribution in [2.75, 3.05) is 26.2 Å². The zero-order valence-electron chi connectivity index (χ0n) is 10.9. The van der Waals surface area contributed by atoms with Crippen molar-refractivity contribution < 1.29 is 9.84 Å². The highest BCUT2D eigenvalue weighted by Gasteiger charge is 2.18. The molecular formula is C15H23NO2. The normalized spacial score (nSPS) is 18.1. The molecule has 100 valence electrons. The van der Waals surface area contributed by atoms with Gasteiger partial charge in [-0.05, 0) is 24.8 Å². The minimum absolute atomic E-state index is 0.296. The molecular weight excluding hydrogens is 226 g/mol. The summed E-state index contributed by atoms with van der Waals surface area (Å²) in [4.78, 5) is 2.42. The number of aliphatic hydroxyl groups excluding tert-OH is 1. The Morgan fingerprint density at radius 1 is 1.17 bits per heavy atom. The fourth-order valence-electron chi connectivity index (χ4n) is 2.38. The van der Waals surface area contributed by atoms with Crippen LogP contribution in [0.3, 0.4) is 0 Å². The van der Waals surface area contributed by atoms with Gasteiger partial charge in [0, 0.05) is 26.2 Å². The van der Waals surface area contributed by atoms with Crippen LogP contribution in [0.15, 0.2) is 30.3 Å². The summed E-state index contributed by atoms with van der Waals surface area (Å²) in [6.45, 7) is 4.23. The third-order valence-electron chi connectivity index (χ3n) is 3.50. The average molecular weight is 249 g/mol. The first-order valence-corrected chi connectivity index (χ1v) is 6.87. The van der Waals surface area contributed by atoms with Crippen LogP contribution in [0.5, 0.6) is 0 Å².